The van der Waals surface area contributed by atoms with Gasteiger partial charge in [0, 0.05) is 61.3 Å². The topological polar surface area (TPSA) is 99.2 Å². The Morgan fingerprint density at radius 1 is 1.06 bits per heavy atom. The van der Waals surface area contributed by atoms with Gasteiger partial charge in [0.1, 0.15) is 24.1 Å². The lowest BCUT2D eigenvalue weighted by Gasteiger charge is -2.41. The minimum Gasteiger partial charge on any atom is -0.447 e. The van der Waals surface area contributed by atoms with E-state index in [0.29, 0.717) is 37.2 Å². The highest BCUT2D eigenvalue weighted by Gasteiger charge is 2.51. The summed E-state index contributed by atoms with van der Waals surface area (Å²) < 4.78 is 12.3. The summed E-state index contributed by atoms with van der Waals surface area (Å²) >= 11 is 0. The molecular formula is C37H52N8O3Si. The summed E-state index contributed by atoms with van der Waals surface area (Å²) in [6.07, 6.45) is 4.17. The minimum atomic E-state index is -2.10. The lowest BCUT2D eigenvalue weighted by Crippen LogP contribution is -2.49. The maximum Gasteiger partial charge on any atom is 0.415 e. The fourth-order valence-electron chi connectivity index (χ4n) is 6.61. The van der Waals surface area contributed by atoms with Gasteiger partial charge in [-0.3, -0.25) is 4.90 Å². The van der Waals surface area contributed by atoms with Gasteiger partial charge >= 0.3 is 6.09 Å². The first-order valence-electron chi connectivity index (χ1n) is 17.4. The Morgan fingerprint density at radius 2 is 1.73 bits per heavy atom. The number of aromatic nitrogens is 3. The number of pyridine rings is 1. The maximum atomic E-state index is 12.7. The van der Waals surface area contributed by atoms with Crippen LogP contribution in [-0.2, 0) is 14.6 Å². The predicted octanol–water partition coefficient (Wildman–Crippen LogP) is 7.09. The van der Waals surface area contributed by atoms with E-state index in [4.69, 9.17) is 24.1 Å². The Hall–Kier alpha value is -4.00. The van der Waals surface area contributed by atoms with Crippen LogP contribution in [0.1, 0.15) is 46.6 Å². The molecule has 6 rings (SSSR count). The van der Waals surface area contributed by atoms with Crippen LogP contribution in [0.5, 0.6) is 0 Å². The van der Waals surface area contributed by atoms with Crippen LogP contribution in [-0.4, -0.2) is 92.8 Å². The highest BCUT2D eigenvalue weighted by molar-refractivity contribution is 6.74. The molecule has 1 aromatic carbocycles. The third-order valence-electron chi connectivity index (χ3n) is 10.9. The quantitative estimate of drug-likeness (QED) is 0.176. The van der Waals surface area contributed by atoms with Crippen LogP contribution in [0, 0.1) is 0 Å². The van der Waals surface area contributed by atoms with Crippen molar-refractivity contribution < 1.29 is 14.0 Å². The van der Waals surface area contributed by atoms with Crippen molar-refractivity contribution >= 4 is 49.2 Å². The van der Waals surface area contributed by atoms with Crippen molar-refractivity contribution in [2.45, 2.75) is 76.7 Å². The van der Waals surface area contributed by atoms with Crippen molar-refractivity contribution in [2.75, 3.05) is 66.5 Å². The van der Waals surface area contributed by atoms with Crippen LogP contribution in [0.25, 0.3) is 0 Å². The molecule has 3 aliphatic heterocycles. The number of amides is 1. The SMILES string of the molecule is C=CC[C@H]1N(c2cccc(N3C(=O)OC[C@@H]3C)n2)c2nc(Nc3ccc(N4CCN(C)CC4)cc3)ncc2[C@@]1(C)CO[Si](C)(C)C(C)(C)C. The van der Waals surface area contributed by atoms with Crippen molar-refractivity contribution in [3.05, 3.63) is 66.9 Å². The molecule has 3 atom stereocenters. The summed E-state index contributed by atoms with van der Waals surface area (Å²) in [5.41, 5.74) is 2.65. The summed E-state index contributed by atoms with van der Waals surface area (Å²) in [5, 5.41) is 3.51. The Labute approximate surface area is 292 Å². The fraction of sp³-hybridized carbons (Fsp3) is 0.514. The predicted molar refractivity (Wildman–Crippen MR) is 200 cm³/mol. The van der Waals surface area contributed by atoms with E-state index in [9.17, 15) is 4.79 Å². The summed E-state index contributed by atoms with van der Waals surface area (Å²) in [4.78, 5) is 36.3. The molecule has 3 aliphatic rings. The van der Waals surface area contributed by atoms with Crippen LogP contribution < -0.4 is 20.0 Å². The molecule has 0 bridgehead atoms. The van der Waals surface area contributed by atoms with E-state index in [2.05, 4.69) is 98.7 Å². The molecule has 11 nitrogen and oxygen atoms in total. The van der Waals surface area contributed by atoms with Crippen LogP contribution in [0.4, 0.5) is 39.6 Å². The fourth-order valence-corrected chi connectivity index (χ4v) is 7.70. The molecule has 0 unspecified atom stereocenters. The number of fused-ring (bicyclic) bond motifs is 1. The Morgan fingerprint density at radius 3 is 2.35 bits per heavy atom. The van der Waals surface area contributed by atoms with Crippen molar-refractivity contribution in [2.24, 2.45) is 0 Å². The molecule has 5 heterocycles. The molecule has 0 saturated carbocycles. The van der Waals surface area contributed by atoms with Crippen molar-refractivity contribution in [1.82, 2.24) is 19.9 Å². The van der Waals surface area contributed by atoms with Crippen molar-refractivity contribution in [3.63, 3.8) is 0 Å². The average Bonchev–Trinajstić information content (AvgIpc) is 3.52. The van der Waals surface area contributed by atoms with Gasteiger partial charge in [-0.2, -0.15) is 4.98 Å². The van der Waals surface area contributed by atoms with Crippen molar-refractivity contribution in [1.29, 1.82) is 0 Å². The van der Waals surface area contributed by atoms with E-state index in [-0.39, 0.29) is 23.2 Å². The van der Waals surface area contributed by atoms with E-state index in [0.717, 1.165) is 43.2 Å². The van der Waals surface area contributed by atoms with E-state index >= 15 is 0 Å². The molecule has 2 fully saturated rings. The number of rotatable bonds is 10. The number of benzene rings is 1. The van der Waals surface area contributed by atoms with Crippen LogP contribution in [0.15, 0.2) is 61.3 Å². The first-order valence-corrected chi connectivity index (χ1v) is 20.3. The van der Waals surface area contributed by atoms with Crippen LogP contribution in [0.3, 0.4) is 0 Å². The number of anilines is 6. The van der Waals surface area contributed by atoms with Crippen LogP contribution in [0.2, 0.25) is 18.1 Å². The molecule has 1 amide bonds. The highest BCUT2D eigenvalue weighted by Crippen LogP contribution is 2.50. The molecule has 12 heteroatoms. The molecule has 0 spiro atoms. The zero-order chi connectivity index (χ0) is 35.1. The monoisotopic (exact) mass is 684 g/mol. The van der Waals surface area contributed by atoms with E-state index in [1.165, 1.54) is 5.69 Å². The van der Waals surface area contributed by atoms with Gasteiger partial charge in [-0.05, 0) is 74.9 Å². The lowest BCUT2D eigenvalue weighted by atomic mass is 9.79. The summed E-state index contributed by atoms with van der Waals surface area (Å²) in [6, 6.07) is 14.0. The molecule has 2 aromatic heterocycles. The Balaban J connectivity index is 1.37. The van der Waals surface area contributed by atoms with Crippen LogP contribution >= 0.6 is 0 Å². The zero-order valence-electron chi connectivity index (χ0n) is 30.4. The largest absolute Gasteiger partial charge is 0.447 e. The zero-order valence-corrected chi connectivity index (χ0v) is 31.4. The molecule has 1 N–H and O–H groups in total. The molecule has 0 aliphatic carbocycles. The first kappa shape index (κ1) is 34.8. The number of carbonyl (C=O) groups is 1. The number of cyclic esters (lactones) is 1. The van der Waals surface area contributed by atoms with Gasteiger partial charge in [-0.25, -0.2) is 14.8 Å². The number of piperazine rings is 1. The van der Waals surface area contributed by atoms with E-state index in [1.54, 1.807) is 4.90 Å². The Bertz CT molecular complexity index is 1670. The lowest BCUT2D eigenvalue weighted by molar-refractivity contribution is 0.179. The van der Waals surface area contributed by atoms with Gasteiger partial charge in [-0.1, -0.05) is 39.8 Å². The molecule has 0 radical (unpaired) electrons. The summed E-state index contributed by atoms with van der Waals surface area (Å²) in [7, 11) is 0.0726. The van der Waals surface area contributed by atoms with E-state index < -0.39 is 13.7 Å². The molecule has 2 saturated heterocycles. The second kappa shape index (κ2) is 13.4. The summed E-state index contributed by atoms with van der Waals surface area (Å²) in [5.74, 6) is 2.50. The van der Waals surface area contributed by atoms with Gasteiger partial charge < -0.3 is 29.2 Å². The van der Waals surface area contributed by atoms with Gasteiger partial charge in [0.05, 0.1) is 12.1 Å². The number of nitrogens with zero attached hydrogens (tertiary/aromatic N) is 7. The van der Waals surface area contributed by atoms with Crippen molar-refractivity contribution in [3.8, 4) is 0 Å². The van der Waals surface area contributed by atoms with Gasteiger partial charge in [0.15, 0.2) is 8.32 Å². The molecule has 262 valence electrons. The standard InChI is InChI=1S/C37H52N8O3Si/c1-10-12-30-37(6,25-48-49(8,9)36(3,4)5)29-23-38-34(39-27-15-17-28(18-16-27)43-21-19-42(7)20-22-43)41-33(29)45(30)32-14-11-13-31(40-32)44-26(2)24-47-35(44)46/h10-11,13-18,23,26,30H,1,12,19-22,24-25H2,2-9H3,(H,38,39,41)/t26-,30+,37+/m0/s1. The van der Waals surface area contributed by atoms with Gasteiger partial charge in [-0.15, -0.1) is 6.58 Å². The second-order valence-electron chi connectivity index (χ2n) is 15.4. The molecule has 3 aromatic rings. The number of likely N-dealkylation sites (N-methyl/N-ethyl adjacent to an activating group) is 1. The first-order chi connectivity index (χ1) is 23.2. The number of hydrogen-bond donors (Lipinski definition) is 1. The Kier molecular flexibility index (Phi) is 9.51. The number of ether oxygens (including phenoxy) is 1. The average molecular weight is 685 g/mol. The second-order valence-corrected chi connectivity index (χ2v) is 20.2. The normalized spacial score (nSPS) is 23.1. The number of hydrogen-bond acceptors (Lipinski definition) is 10. The molecular weight excluding hydrogens is 633 g/mol. The summed E-state index contributed by atoms with van der Waals surface area (Å²) in [6.45, 7) is 24.7. The maximum absolute atomic E-state index is 12.7. The minimum absolute atomic E-state index is 0.0551. The van der Waals surface area contributed by atoms with E-state index in [1.807, 2.05) is 37.4 Å². The van der Waals surface area contributed by atoms with Gasteiger partial charge in [0.2, 0.25) is 5.95 Å². The highest BCUT2D eigenvalue weighted by atomic mass is 28.4. The third-order valence-corrected chi connectivity index (χ3v) is 15.4. The van der Waals surface area contributed by atoms with Gasteiger partial charge in [0.25, 0.3) is 0 Å². The molecule has 49 heavy (non-hydrogen) atoms. The third kappa shape index (κ3) is 6.78. The number of nitrogens with one attached hydrogen (secondary N) is 1. The number of carbonyl (C=O) groups excluding carboxylic acids is 1. The smallest absolute Gasteiger partial charge is 0.415 e.